The molecule has 2 fully saturated rings. The Labute approximate surface area is 202 Å². The average Bonchev–Trinajstić information content (AvgIpc) is 3.55. The molecule has 8 heteroatoms. The fourth-order valence-electron chi connectivity index (χ4n) is 5.03. The molecule has 1 aliphatic carbocycles. The summed E-state index contributed by atoms with van der Waals surface area (Å²) < 4.78 is 11.5. The lowest BCUT2D eigenvalue weighted by atomic mass is 9.92. The van der Waals surface area contributed by atoms with Crippen molar-refractivity contribution >= 4 is 11.9 Å². The van der Waals surface area contributed by atoms with Crippen LogP contribution < -0.4 is 15.0 Å². The Balaban J connectivity index is 1.14. The first kappa shape index (κ1) is 24.5. The molecule has 2 aliphatic rings. The van der Waals surface area contributed by atoms with Gasteiger partial charge in [-0.1, -0.05) is 12.8 Å². The molecule has 2 N–H and O–H groups in total. The topological polar surface area (TPSA) is 101 Å². The summed E-state index contributed by atoms with van der Waals surface area (Å²) in [5.41, 5.74) is 1.54. The van der Waals surface area contributed by atoms with Crippen LogP contribution in [0.15, 0.2) is 22.7 Å². The van der Waals surface area contributed by atoms with E-state index in [1.165, 1.54) is 25.7 Å². The fourth-order valence-corrected chi connectivity index (χ4v) is 5.03. The minimum atomic E-state index is -0.112. The molecular weight excluding hydrogens is 432 g/mol. The number of hydrogen-bond donors (Lipinski definition) is 2. The Morgan fingerprint density at radius 2 is 2.00 bits per heavy atom. The molecule has 0 spiro atoms. The quantitative estimate of drug-likeness (QED) is 0.474. The highest BCUT2D eigenvalue weighted by Crippen LogP contribution is 2.34. The monoisotopic (exact) mass is 470 g/mol. The Morgan fingerprint density at radius 3 is 2.74 bits per heavy atom. The predicted octanol–water partition coefficient (Wildman–Crippen LogP) is 4.22. The number of carbonyl (C=O) groups excluding carboxylic acids is 1. The third-order valence-corrected chi connectivity index (χ3v) is 7.12. The summed E-state index contributed by atoms with van der Waals surface area (Å²) in [6.07, 6.45) is 9.91. The highest BCUT2D eigenvalue weighted by atomic mass is 16.5. The normalized spacial score (nSPS) is 17.3. The molecule has 0 bridgehead atoms. The van der Waals surface area contributed by atoms with Crippen molar-refractivity contribution < 1.29 is 19.2 Å². The van der Waals surface area contributed by atoms with Crippen LogP contribution in [-0.2, 0) is 0 Å². The molecule has 0 radical (unpaired) electrons. The number of amides is 1. The number of benzene rings is 1. The van der Waals surface area contributed by atoms with E-state index in [-0.39, 0.29) is 12.5 Å². The van der Waals surface area contributed by atoms with Crippen molar-refractivity contribution in [2.75, 3.05) is 37.7 Å². The first-order valence-electron chi connectivity index (χ1n) is 12.8. The molecule has 1 aromatic heterocycles. The second kappa shape index (κ2) is 12.2. The first-order valence-corrected chi connectivity index (χ1v) is 12.8. The summed E-state index contributed by atoms with van der Waals surface area (Å²) in [6, 6.07) is 5.59. The van der Waals surface area contributed by atoms with Crippen molar-refractivity contribution in [2.24, 2.45) is 5.92 Å². The Kier molecular flexibility index (Phi) is 8.79. The number of nitrogens with one attached hydrogen (secondary N) is 1. The lowest BCUT2D eigenvalue weighted by Crippen LogP contribution is -2.34. The van der Waals surface area contributed by atoms with Crippen LogP contribution in [0.25, 0.3) is 0 Å². The van der Waals surface area contributed by atoms with Gasteiger partial charge in [0.05, 0.1) is 6.61 Å². The van der Waals surface area contributed by atoms with Crippen LogP contribution >= 0.6 is 0 Å². The van der Waals surface area contributed by atoms with Gasteiger partial charge in [0.15, 0.2) is 0 Å². The average molecular weight is 471 g/mol. The second-order valence-electron chi connectivity index (χ2n) is 9.64. The number of ether oxygens (including phenoxy) is 1. The van der Waals surface area contributed by atoms with Crippen LogP contribution in [0.3, 0.4) is 0 Å². The van der Waals surface area contributed by atoms with E-state index in [2.05, 4.69) is 20.4 Å². The number of hydrogen-bond acceptors (Lipinski definition) is 7. The van der Waals surface area contributed by atoms with Gasteiger partial charge >= 0.3 is 0 Å². The van der Waals surface area contributed by atoms with Gasteiger partial charge in [-0.05, 0) is 86.7 Å². The van der Waals surface area contributed by atoms with Gasteiger partial charge in [0.25, 0.3) is 11.9 Å². The zero-order chi connectivity index (χ0) is 23.8. The number of aryl methyl sites for hydroxylation is 1. The predicted molar refractivity (Wildman–Crippen MR) is 130 cm³/mol. The molecule has 1 saturated heterocycles. The second-order valence-corrected chi connectivity index (χ2v) is 9.64. The van der Waals surface area contributed by atoms with E-state index in [1.54, 1.807) is 0 Å². The van der Waals surface area contributed by atoms with Gasteiger partial charge in [0.2, 0.25) is 5.89 Å². The SMILES string of the molecule is Cc1cc(OCCCC2CCN(c3noc(C4CCCC4)n3)CC2)ccc1C(=O)NCCCO. The summed E-state index contributed by atoms with van der Waals surface area (Å²) >= 11 is 0. The maximum atomic E-state index is 12.2. The van der Waals surface area contributed by atoms with Crippen molar-refractivity contribution in [3.63, 3.8) is 0 Å². The summed E-state index contributed by atoms with van der Waals surface area (Å²) in [5.74, 6) is 3.45. The van der Waals surface area contributed by atoms with Gasteiger partial charge in [0, 0.05) is 37.7 Å². The molecular formula is C26H38N4O4. The number of rotatable bonds is 11. The van der Waals surface area contributed by atoms with Gasteiger partial charge in [-0.15, -0.1) is 0 Å². The summed E-state index contributed by atoms with van der Waals surface area (Å²) in [4.78, 5) is 19.2. The zero-order valence-corrected chi connectivity index (χ0v) is 20.3. The summed E-state index contributed by atoms with van der Waals surface area (Å²) in [7, 11) is 0. The van der Waals surface area contributed by atoms with Crippen LogP contribution in [0, 0.1) is 12.8 Å². The van der Waals surface area contributed by atoms with Crippen molar-refractivity contribution in [3.8, 4) is 5.75 Å². The number of aromatic nitrogens is 2. The maximum absolute atomic E-state index is 12.2. The van der Waals surface area contributed by atoms with Gasteiger partial charge in [-0.2, -0.15) is 4.98 Å². The van der Waals surface area contributed by atoms with E-state index in [1.807, 2.05) is 25.1 Å². The highest BCUT2D eigenvalue weighted by Gasteiger charge is 2.26. The van der Waals surface area contributed by atoms with Crippen molar-refractivity contribution in [3.05, 3.63) is 35.2 Å². The Hall–Kier alpha value is -2.61. The largest absolute Gasteiger partial charge is 0.494 e. The van der Waals surface area contributed by atoms with Gasteiger partial charge < -0.3 is 24.6 Å². The molecule has 4 rings (SSSR count). The lowest BCUT2D eigenvalue weighted by Gasteiger charge is -2.30. The third-order valence-electron chi connectivity index (χ3n) is 7.12. The molecule has 34 heavy (non-hydrogen) atoms. The van der Waals surface area contributed by atoms with Gasteiger partial charge in [-0.25, -0.2) is 0 Å². The molecule has 1 aromatic carbocycles. The molecule has 0 atom stereocenters. The van der Waals surface area contributed by atoms with Gasteiger partial charge in [0.1, 0.15) is 5.75 Å². The minimum Gasteiger partial charge on any atom is -0.494 e. The van der Waals surface area contributed by atoms with Crippen LogP contribution in [0.1, 0.15) is 85.5 Å². The molecule has 1 amide bonds. The molecule has 2 heterocycles. The van der Waals surface area contributed by atoms with Gasteiger partial charge in [-0.3, -0.25) is 4.79 Å². The summed E-state index contributed by atoms with van der Waals surface area (Å²) in [6.45, 7) is 5.11. The molecule has 1 saturated carbocycles. The smallest absolute Gasteiger partial charge is 0.266 e. The molecule has 186 valence electrons. The molecule has 0 unspecified atom stereocenters. The highest BCUT2D eigenvalue weighted by molar-refractivity contribution is 5.95. The summed E-state index contributed by atoms with van der Waals surface area (Å²) in [5, 5.41) is 15.9. The number of nitrogens with zero attached hydrogens (tertiary/aromatic N) is 3. The minimum absolute atomic E-state index is 0.0746. The van der Waals surface area contributed by atoms with E-state index in [4.69, 9.17) is 14.4 Å². The Bertz CT molecular complexity index is 917. The molecule has 1 aliphatic heterocycles. The van der Waals surface area contributed by atoms with Crippen molar-refractivity contribution in [2.45, 2.75) is 70.6 Å². The fraction of sp³-hybridized carbons (Fsp3) is 0.654. The maximum Gasteiger partial charge on any atom is 0.266 e. The number of aliphatic hydroxyl groups is 1. The van der Waals surface area contributed by atoms with Crippen molar-refractivity contribution in [1.82, 2.24) is 15.5 Å². The van der Waals surface area contributed by atoms with E-state index in [0.29, 0.717) is 37.0 Å². The van der Waals surface area contributed by atoms with Crippen LogP contribution in [0.4, 0.5) is 5.95 Å². The number of carbonyl (C=O) groups is 1. The van der Waals surface area contributed by atoms with Crippen LogP contribution in [0.5, 0.6) is 5.75 Å². The zero-order valence-electron chi connectivity index (χ0n) is 20.3. The van der Waals surface area contributed by atoms with Crippen LogP contribution in [-0.4, -0.2) is 54.0 Å². The lowest BCUT2D eigenvalue weighted by molar-refractivity contribution is 0.0950. The van der Waals surface area contributed by atoms with E-state index in [9.17, 15) is 4.79 Å². The number of anilines is 1. The molecule has 2 aromatic rings. The first-order chi connectivity index (χ1) is 16.6. The Morgan fingerprint density at radius 1 is 1.21 bits per heavy atom. The standard InChI is InChI=1S/C26H38N4O4/c1-19-18-22(9-10-23(19)24(32)27-13-5-16-31)33-17-4-6-20-11-14-30(15-12-20)26-28-25(34-29-26)21-7-2-3-8-21/h9-10,18,20-21,31H,2-8,11-17H2,1H3,(H,27,32). The van der Waals surface area contributed by atoms with Crippen molar-refractivity contribution in [1.29, 1.82) is 0 Å². The van der Waals surface area contributed by atoms with Crippen LogP contribution in [0.2, 0.25) is 0 Å². The third kappa shape index (κ3) is 6.50. The number of piperidine rings is 1. The van der Waals surface area contributed by atoms with E-state index in [0.717, 1.165) is 61.9 Å². The van der Waals surface area contributed by atoms with E-state index >= 15 is 0 Å². The number of aliphatic hydroxyl groups excluding tert-OH is 1. The van der Waals surface area contributed by atoms with E-state index < -0.39 is 0 Å². The molecule has 8 nitrogen and oxygen atoms in total.